The van der Waals surface area contributed by atoms with Gasteiger partial charge in [-0.2, -0.15) is 0 Å². The zero-order valence-electron chi connectivity index (χ0n) is 24.9. The van der Waals surface area contributed by atoms with Gasteiger partial charge in [-0.25, -0.2) is 19.2 Å². The molecule has 0 bridgehead atoms. The summed E-state index contributed by atoms with van der Waals surface area (Å²) in [6, 6.07) is 33.3. The van der Waals surface area contributed by atoms with Crippen molar-refractivity contribution in [3.05, 3.63) is 144 Å². The Labute approximate surface area is 270 Å². The summed E-state index contributed by atoms with van der Waals surface area (Å²) < 4.78 is 30.0. The SMILES string of the molecule is CCS[C@H]1O[C@H](COC(=O)c2ccccc2)[C@@H](OC(=O)c2ccccc2)[C@H](OC(=O)c2ccccc2)[C@H]1OC(=O)c1ccccc1. The number of benzene rings is 4. The molecule has 4 aromatic rings. The lowest BCUT2D eigenvalue weighted by Crippen LogP contribution is -2.61. The van der Waals surface area contributed by atoms with Crippen molar-refractivity contribution < 1.29 is 42.9 Å². The van der Waals surface area contributed by atoms with Crippen LogP contribution in [0.25, 0.3) is 0 Å². The van der Waals surface area contributed by atoms with E-state index in [1.165, 1.54) is 11.8 Å². The molecule has 1 saturated heterocycles. The predicted molar refractivity (Wildman–Crippen MR) is 170 cm³/mol. The molecule has 1 heterocycles. The van der Waals surface area contributed by atoms with Crippen molar-refractivity contribution in [3.63, 3.8) is 0 Å². The first-order valence-electron chi connectivity index (χ1n) is 14.7. The molecule has 0 amide bonds. The van der Waals surface area contributed by atoms with E-state index in [2.05, 4.69) is 0 Å². The van der Waals surface area contributed by atoms with Crippen LogP contribution in [0.5, 0.6) is 0 Å². The highest BCUT2D eigenvalue weighted by atomic mass is 32.2. The molecular formula is C36H32O9S. The number of carbonyl (C=O) groups excluding carboxylic acids is 4. The van der Waals surface area contributed by atoms with E-state index in [0.29, 0.717) is 11.3 Å². The second-order valence-corrected chi connectivity index (χ2v) is 11.5. The Kier molecular flexibility index (Phi) is 11.2. The molecule has 9 nitrogen and oxygen atoms in total. The Bertz CT molecular complexity index is 1600. The number of ether oxygens (including phenoxy) is 5. The van der Waals surface area contributed by atoms with Crippen LogP contribution in [0.4, 0.5) is 0 Å². The van der Waals surface area contributed by atoms with Gasteiger partial charge in [0.05, 0.1) is 22.3 Å². The summed E-state index contributed by atoms with van der Waals surface area (Å²) in [6.07, 6.45) is -4.98. The maximum atomic E-state index is 13.5. The van der Waals surface area contributed by atoms with Gasteiger partial charge in [0.15, 0.2) is 18.3 Å². The Morgan fingerprint density at radius 3 is 1.33 bits per heavy atom. The molecule has 0 saturated carbocycles. The van der Waals surface area contributed by atoms with Gasteiger partial charge in [0.1, 0.15) is 18.1 Å². The lowest BCUT2D eigenvalue weighted by Gasteiger charge is -2.44. The fourth-order valence-electron chi connectivity index (χ4n) is 4.83. The Morgan fingerprint density at radius 1 is 0.543 bits per heavy atom. The molecule has 0 radical (unpaired) electrons. The van der Waals surface area contributed by atoms with E-state index in [1.54, 1.807) is 121 Å². The van der Waals surface area contributed by atoms with Crippen LogP contribution in [-0.4, -0.2) is 66.1 Å². The molecular weight excluding hydrogens is 608 g/mol. The first kappa shape index (κ1) is 32.5. The van der Waals surface area contributed by atoms with Crippen molar-refractivity contribution >= 4 is 35.6 Å². The summed E-state index contributed by atoms with van der Waals surface area (Å²) in [7, 11) is 0. The molecule has 0 aromatic heterocycles. The standard InChI is InChI=1S/C36H32O9S/c1-2-46-36-31(45-35(40)27-21-13-6-14-22-27)30(44-34(39)26-19-11-5-12-20-26)29(43-33(38)25-17-9-4-10-18-25)28(42-36)23-41-32(37)24-15-7-3-8-16-24/h3-22,28-31,36H,2,23H2,1H3/t28-,29-,30+,31-,36-/m1/s1. The van der Waals surface area contributed by atoms with Crippen LogP contribution in [0.3, 0.4) is 0 Å². The van der Waals surface area contributed by atoms with Crippen molar-refractivity contribution in [2.24, 2.45) is 0 Å². The van der Waals surface area contributed by atoms with Crippen molar-refractivity contribution in [3.8, 4) is 0 Å². The third-order valence-corrected chi connectivity index (χ3v) is 8.11. The maximum Gasteiger partial charge on any atom is 0.338 e. The van der Waals surface area contributed by atoms with E-state index in [9.17, 15) is 19.2 Å². The molecule has 5 atom stereocenters. The molecule has 46 heavy (non-hydrogen) atoms. The minimum absolute atomic E-state index is 0.235. The Balaban J connectivity index is 1.52. The highest BCUT2D eigenvalue weighted by Gasteiger charge is 2.53. The fraction of sp³-hybridized carbons (Fsp3) is 0.222. The van der Waals surface area contributed by atoms with Crippen molar-refractivity contribution in [2.75, 3.05) is 12.4 Å². The number of rotatable bonds is 11. The van der Waals surface area contributed by atoms with Gasteiger partial charge >= 0.3 is 23.9 Å². The smallest absolute Gasteiger partial charge is 0.338 e. The van der Waals surface area contributed by atoms with Gasteiger partial charge in [-0.1, -0.05) is 79.7 Å². The van der Waals surface area contributed by atoms with Crippen LogP contribution in [0.2, 0.25) is 0 Å². The molecule has 1 aliphatic heterocycles. The highest BCUT2D eigenvalue weighted by molar-refractivity contribution is 7.99. The Morgan fingerprint density at radius 2 is 0.913 bits per heavy atom. The highest BCUT2D eigenvalue weighted by Crippen LogP contribution is 2.35. The summed E-state index contributed by atoms with van der Waals surface area (Å²) in [5, 5.41) is 0. The van der Waals surface area contributed by atoms with Gasteiger partial charge in [-0.15, -0.1) is 11.8 Å². The largest absolute Gasteiger partial charge is 0.459 e. The molecule has 10 heteroatoms. The Hall–Kier alpha value is -4.93. The molecule has 1 aliphatic rings. The first-order chi connectivity index (χ1) is 22.4. The normalized spacial score (nSPS) is 20.6. The van der Waals surface area contributed by atoms with E-state index >= 15 is 0 Å². The fourth-order valence-corrected chi connectivity index (χ4v) is 5.78. The average Bonchev–Trinajstić information content (AvgIpc) is 3.11. The minimum Gasteiger partial charge on any atom is -0.459 e. The van der Waals surface area contributed by atoms with Gasteiger partial charge in [0.25, 0.3) is 0 Å². The molecule has 1 fully saturated rings. The van der Waals surface area contributed by atoms with Crippen molar-refractivity contribution in [1.29, 1.82) is 0 Å². The number of hydrogen-bond donors (Lipinski definition) is 0. The van der Waals surface area contributed by atoms with Gasteiger partial charge < -0.3 is 23.7 Å². The second-order valence-electron chi connectivity index (χ2n) is 10.2. The first-order valence-corrected chi connectivity index (χ1v) is 15.8. The summed E-state index contributed by atoms with van der Waals surface area (Å²) >= 11 is 1.30. The summed E-state index contributed by atoms with van der Waals surface area (Å²) in [4.78, 5) is 53.2. The summed E-state index contributed by atoms with van der Waals surface area (Å²) in [6.45, 7) is 1.54. The van der Waals surface area contributed by atoms with Crippen LogP contribution in [0.1, 0.15) is 48.4 Å². The van der Waals surface area contributed by atoms with Crippen molar-refractivity contribution in [1.82, 2.24) is 0 Å². The molecule has 0 spiro atoms. The lowest BCUT2D eigenvalue weighted by molar-refractivity contribution is -0.207. The lowest BCUT2D eigenvalue weighted by atomic mass is 9.98. The van der Waals surface area contributed by atoms with E-state index < -0.39 is 53.7 Å². The number of hydrogen-bond acceptors (Lipinski definition) is 10. The molecule has 0 unspecified atom stereocenters. The topological polar surface area (TPSA) is 114 Å². The monoisotopic (exact) mass is 640 g/mol. The molecule has 5 rings (SSSR count). The molecule has 0 aliphatic carbocycles. The van der Waals surface area contributed by atoms with Crippen molar-refractivity contribution in [2.45, 2.75) is 36.8 Å². The molecule has 4 aromatic carbocycles. The van der Waals surface area contributed by atoms with E-state index in [0.717, 1.165) is 0 Å². The van der Waals surface area contributed by atoms with Gasteiger partial charge in [0.2, 0.25) is 0 Å². The molecule has 0 N–H and O–H groups in total. The van der Waals surface area contributed by atoms with E-state index in [-0.39, 0.29) is 23.3 Å². The number of thioether (sulfide) groups is 1. The van der Waals surface area contributed by atoms with Crippen LogP contribution in [0.15, 0.2) is 121 Å². The maximum absolute atomic E-state index is 13.5. The molecule has 236 valence electrons. The summed E-state index contributed by atoms with van der Waals surface area (Å²) in [5.74, 6) is -2.22. The van der Waals surface area contributed by atoms with Crippen LogP contribution in [-0.2, 0) is 23.7 Å². The quantitative estimate of drug-likeness (QED) is 0.143. The van der Waals surface area contributed by atoms with E-state index in [4.69, 9.17) is 23.7 Å². The summed E-state index contributed by atoms with van der Waals surface area (Å²) in [5.41, 5.74) is 0.184. The minimum atomic E-state index is -1.34. The van der Waals surface area contributed by atoms with Crippen LogP contribution < -0.4 is 0 Å². The zero-order chi connectivity index (χ0) is 32.3. The third kappa shape index (κ3) is 8.21. The number of esters is 4. The van der Waals surface area contributed by atoms with Crippen LogP contribution >= 0.6 is 11.8 Å². The third-order valence-electron chi connectivity index (χ3n) is 7.07. The van der Waals surface area contributed by atoms with Gasteiger partial charge in [0, 0.05) is 0 Å². The number of carbonyl (C=O) groups is 4. The van der Waals surface area contributed by atoms with Gasteiger partial charge in [-0.05, 0) is 54.3 Å². The van der Waals surface area contributed by atoms with E-state index in [1.807, 2.05) is 6.92 Å². The predicted octanol–water partition coefficient (Wildman–Crippen LogP) is 6.00. The zero-order valence-corrected chi connectivity index (χ0v) is 25.7. The second kappa shape index (κ2) is 15.9. The average molecular weight is 641 g/mol. The van der Waals surface area contributed by atoms with Gasteiger partial charge in [-0.3, -0.25) is 0 Å². The van der Waals surface area contributed by atoms with Crippen LogP contribution in [0, 0.1) is 0 Å².